The van der Waals surface area contributed by atoms with Gasteiger partial charge >= 0.3 is 0 Å². The summed E-state index contributed by atoms with van der Waals surface area (Å²) in [5.74, 6) is 1.79. The van der Waals surface area contributed by atoms with Gasteiger partial charge in [-0.15, -0.1) is 6.58 Å². The summed E-state index contributed by atoms with van der Waals surface area (Å²) in [6.45, 7) is 4.42. The van der Waals surface area contributed by atoms with Gasteiger partial charge in [-0.1, -0.05) is 12.1 Å². The molecule has 4 nitrogen and oxygen atoms in total. The Balaban J connectivity index is 2.45. The minimum atomic E-state index is -3.27. The van der Waals surface area contributed by atoms with Crippen LogP contribution in [0.4, 0.5) is 0 Å². The van der Waals surface area contributed by atoms with Crippen molar-refractivity contribution in [2.75, 3.05) is 17.8 Å². The number of aryl methyl sites for hydroxylation is 1. The molecule has 2 rings (SSSR count). The number of para-hydroxylation sites is 1. The number of imidazole rings is 1. The molecule has 0 atom stereocenters. The molecule has 1 N–H and O–H groups in total. The van der Waals surface area contributed by atoms with Crippen LogP contribution >= 0.6 is 24.0 Å². The number of fused-ring (bicyclic) bond motifs is 1. The predicted octanol–water partition coefficient (Wildman–Crippen LogP) is 3.02. The molecule has 7 heteroatoms. The van der Waals surface area contributed by atoms with Crippen LogP contribution in [0.1, 0.15) is 0 Å². The molecule has 20 heavy (non-hydrogen) atoms. The van der Waals surface area contributed by atoms with E-state index < -0.39 is 9.84 Å². The van der Waals surface area contributed by atoms with Crippen LogP contribution in [-0.2, 0) is 16.4 Å². The Morgan fingerprint density at radius 1 is 1.50 bits per heavy atom. The molecule has 1 aromatic carbocycles. The molecule has 0 saturated carbocycles. The van der Waals surface area contributed by atoms with Crippen LogP contribution in [0.2, 0.25) is 0 Å². The van der Waals surface area contributed by atoms with Crippen LogP contribution in [-0.4, -0.2) is 35.7 Å². The van der Waals surface area contributed by atoms with Crippen LogP contribution in [0.25, 0.3) is 11.0 Å². The maximum Gasteiger partial charge on any atom is 0.178 e. The van der Waals surface area contributed by atoms with Gasteiger partial charge in [0.25, 0.3) is 0 Å². The summed E-state index contributed by atoms with van der Waals surface area (Å²) >= 11 is 7.06. The second-order valence-electron chi connectivity index (χ2n) is 4.37. The fourth-order valence-electron chi connectivity index (χ4n) is 2.01. The molecule has 0 spiro atoms. The van der Waals surface area contributed by atoms with Gasteiger partial charge in [0.15, 0.2) is 14.6 Å². The van der Waals surface area contributed by atoms with E-state index in [1.54, 1.807) is 23.9 Å². The Morgan fingerprint density at radius 3 is 2.90 bits per heavy atom. The van der Waals surface area contributed by atoms with E-state index in [4.69, 9.17) is 12.2 Å². The van der Waals surface area contributed by atoms with Gasteiger partial charge in [-0.3, -0.25) is 0 Å². The SMILES string of the molecule is C=CCSCCn1c(=S)[nH]c2c(S(C)(=O)=O)cccc21. The molecule has 0 radical (unpaired) electrons. The zero-order valence-electron chi connectivity index (χ0n) is 11.1. The third kappa shape index (κ3) is 3.16. The Kier molecular flexibility index (Phi) is 4.72. The normalized spacial score (nSPS) is 11.8. The number of rotatable bonds is 6. The van der Waals surface area contributed by atoms with E-state index in [1.807, 2.05) is 16.7 Å². The molecule has 0 fully saturated rings. The maximum absolute atomic E-state index is 11.8. The summed E-state index contributed by atoms with van der Waals surface area (Å²) in [4.78, 5) is 3.30. The number of nitrogens with zero attached hydrogens (tertiary/aromatic N) is 1. The number of aromatic amines is 1. The van der Waals surface area contributed by atoms with Crippen LogP contribution in [0, 0.1) is 4.77 Å². The van der Waals surface area contributed by atoms with Crippen LogP contribution in [0.5, 0.6) is 0 Å². The average molecular weight is 328 g/mol. The van der Waals surface area contributed by atoms with Crippen molar-refractivity contribution < 1.29 is 8.42 Å². The van der Waals surface area contributed by atoms with E-state index >= 15 is 0 Å². The largest absolute Gasteiger partial charge is 0.329 e. The van der Waals surface area contributed by atoms with Crippen molar-refractivity contribution in [3.8, 4) is 0 Å². The molecule has 1 aromatic heterocycles. The first kappa shape index (κ1) is 15.3. The molecule has 0 bridgehead atoms. The third-order valence-electron chi connectivity index (χ3n) is 2.87. The minimum absolute atomic E-state index is 0.290. The Labute approximate surface area is 127 Å². The van der Waals surface area contributed by atoms with Crippen LogP contribution in [0.3, 0.4) is 0 Å². The van der Waals surface area contributed by atoms with E-state index in [0.29, 0.717) is 15.2 Å². The maximum atomic E-state index is 11.8. The number of sulfone groups is 1. The van der Waals surface area contributed by atoms with Gasteiger partial charge in [0, 0.05) is 24.3 Å². The molecule has 108 valence electrons. The highest BCUT2D eigenvalue weighted by Crippen LogP contribution is 2.22. The van der Waals surface area contributed by atoms with Crippen molar-refractivity contribution >= 4 is 44.9 Å². The van der Waals surface area contributed by atoms with Crippen LogP contribution < -0.4 is 0 Å². The fourth-order valence-corrected chi connectivity index (χ4v) is 3.80. The highest BCUT2D eigenvalue weighted by molar-refractivity contribution is 7.99. The summed E-state index contributed by atoms with van der Waals surface area (Å²) in [5, 5.41) is 0. The quantitative estimate of drug-likeness (QED) is 0.503. The lowest BCUT2D eigenvalue weighted by Crippen LogP contribution is -2.01. The van der Waals surface area contributed by atoms with Crippen molar-refractivity contribution in [2.45, 2.75) is 11.4 Å². The van der Waals surface area contributed by atoms with Gasteiger partial charge in [0.1, 0.15) is 0 Å². The number of hydrogen-bond donors (Lipinski definition) is 1. The molecule has 2 aromatic rings. The van der Waals surface area contributed by atoms with Gasteiger partial charge in [0.05, 0.1) is 15.9 Å². The second kappa shape index (κ2) is 6.15. The fraction of sp³-hybridized carbons (Fsp3) is 0.308. The Bertz CT molecular complexity index is 788. The predicted molar refractivity (Wildman–Crippen MR) is 87.8 cm³/mol. The second-order valence-corrected chi connectivity index (χ2v) is 7.89. The molecule has 0 aliphatic heterocycles. The third-order valence-corrected chi connectivity index (χ3v) is 5.27. The lowest BCUT2D eigenvalue weighted by molar-refractivity contribution is 0.602. The van der Waals surface area contributed by atoms with Gasteiger partial charge in [-0.25, -0.2) is 8.42 Å². The Morgan fingerprint density at radius 2 is 2.25 bits per heavy atom. The topological polar surface area (TPSA) is 54.9 Å². The molecule has 0 aliphatic rings. The first-order chi connectivity index (χ1) is 9.45. The summed E-state index contributed by atoms with van der Waals surface area (Å²) < 4.78 is 26.1. The zero-order chi connectivity index (χ0) is 14.8. The van der Waals surface area contributed by atoms with Crippen molar-refractivity contribution in [1.29, 1.82) is 0 Å². The molecular formula is C13H16N2O2S3. The summed E-state index contributed by atoms with van der Waals surface area (Å²) in [6, 6.07) is 5.23. The number of benzene rings is 1. The van der Waals surface area contributed by atoms with Crippen molar-refractivity contribution in [2.24, 2.45) is 0 Å². The lowest BCUT2D eigenvalue weighted by atomic mass is 10.3. The lowest BCUT2D eigenvalue weighted by Gasteiger charge is -2.04. The molecule has 0 aliphatic carbocycles. The van der Waals surface area contributed by atoms with E-state index in [-0.39, 0.29) is 0 Å². The van der Waals surface area contributed by atoms with Crippen molar-refractivity contribution in [3.63, 3.8) is 0 Å². The van der Waals surface area contributed by atoms with Gasteiger partial charge in [-0.05, 0) is 24.4 Å². The minimum Gasteiger partial charge on any atom is -0.329 e. The Hall–Kier alpha value is -1.05. The first-order valence-electron chi connectivity index (χ1n) is 6.05. The molecule has 0 amide bonds. The van der Waals surface area contributed by atoms with Crippen LogP contribution in [0.15, 0.2) is 35.7 Å². The van der Waals surface area contributed by atoms with Crippen molar-refractivity contribution in [3.05, 3.63) is 35.6 Å². The first-order valence-corrected chi connectivity index (χ1v) is 9.51. The number of H-pyrrole nitrogens is 1. The van der Waals surface area contributed by atoms with Crippen molar-refractivity contribution in [1.82, 2.24) is 9.55 Å². The number of thioether (sulfide) groups is 1. The molecular weight excluding hydrogens is 312 g/mol. The molecule has 0 saturated heterocycles. The zero-order valence-corrected chi connectivity index (χ0v) is 13.6. The van der Waals surface area contributed by atoms with E-state index in [1.165, 1.54) is 6.26 Å². The number of nitrogens with one attached hydrogen (secondary N) is 1. The highest BCUT2D eigenvalue weighted by Gasteiger charge is 2.15. The summed E-state index contributed by atoms with van der Waals surface area (Å²) in [5.41, 5.74) is 1.42. The highest BCUT2D eigenvalue weighted by atomic mass is 32.2. The van der Waals surface area contributed by atoms with Gasteiger partial charge < -0.3 is 9.55 Å². The van der Waals surface area contributed by atoms with E-state index in [0.717, 1.165) is 23.6 Å². The van der Waals surface area contributed by atoms with Gasteiger partial charge in [-0.2, -0.15) is 11.8 Å². The van der Waals surface area contributed by atoms with Gasteiger partial charge in [0.2, 0.25) is 0 Å². The average Bonchev–Trinajstić information content (AvgIpc) is 2.69. The summed E-state index contributed by atoms with van der Waals surface area (Å²) in [7, 11) is -3.27. The summed E-state index contributed by atoms with van der Waals surface area (Å²) in [6.07, 6.45) is 3.07. The standard InChI is InChI=1S/C13H16N2O2S3/c1-3-8-19-9-7-15-10-5-4-6-11(20(2,16)17)12(10)14-13(15)18/h3-6H,1,7-9H2,2H3,(H,14,18). The number of aromatic nitrogens is 2. The smallest absolute Gasteiger partial charge is 0.178 e. The molecule has 0 unspecified atom stereocenters. The van der Waals surface area contributed by atoms with E-state index in [2.05, 4.69) is 11.6 Å². The van der Waals surface area contributed by atoms with E-state index in [9.17, 15) is 8.42 Å². The molecule has 1 heterocycles. The number of hydrogen-bond acceptors (Lipinski definition) is 4. The monoisotopic (exact) mass is 328 g/mol.